The maximum absolute atomic E-state index is 10.9. The van der Waals surface area contributed by atoms with Crippen molar-refractivity contribution in [2.75, 3.05) is 13.2 Å². The van der Waals surface area contributed by atoms with Gasteiger partial charge in [0, 0.05) is 32.5 Å². The van der Waals surface area contributed by atoms with Gasteiger partial charge in [-0.3, -0.25) is 4.90 Å². The fraction of sp³-hybridized carbons (Fsp3) is 0.417. The molecule has 0 amide bonds. The fourth-order valence-corrected chi connectivity index (χ4v) is 3.80. The van der Waals surface area contributed by atoms with Crippen LogP contribution in [0.25, 0.3) is 0 Å². The molecule has 1 saturated heterocycles. The average Bonchev–Trinajstić information content (AvgIpc) is 3.35. The first-order valence-electron chi connectivity index (χ1n) is 10.0. The summed E-state index contributed by atoms with van der Waals surface area (Å²) in [6, 6.07) is 14.3. The van der Waals surface area contributed by atoms with Gasteiger partial charge in [0.25, 0.3) is 0 Å². The Morgan fingerprint density at radius 2 is 1.82 bits per heavy atom. The molecule has 150 valence electrons. The standard InChI is InChI=1S/C24H31NO3/c1-3-14-24(26,15-4-2)23-13-12-22(28-23)19-25(18-21-11-8-16-27-21)17-20-9-6-5-7-10-20/h3-7,9-10,12-13,21,26H,1-2,8,11,14-19H2/t21-/m1/s1. The van der Waals surface area contributed by atoms with Crippen LogP contribution in [0.5, 0.6) is 0 Å². The molecule has 0 radical (unpaired) electrons. The van der Waals surface area contributed by atoms with E-state index >= 15 is 0 Å². The second kappa shape index (κ2) is 9.87. The van der Waals surface area contributed by atoms with Crippen LogP contribution in [0.15, 0.2) is 72.2 Å². The van der Waals surface area contributed by atoms with E-state index < -0.39 is 5.60 Å². The Hall–Kier alpha value is -2.14. The SMILES string of the molecule is C=CCC(O)(CC=C)c1ccc(CN(Cc2ccccc2)C[C@H]2CCCO2)o1. The summed E-state index contributed by atoms with van der Waals surface area (Å²) in [5, 5.41) is 10.9. The summed E-state index contributed by atoms with van der Waals surface area (Å²) in [7, 11) is 0. The van der Waals surface area contributed by atoms with Crippen molar-refractivity contribution in [3.05, 3.63) is 84.9 Å². The highest BCUT2D eigenvalue weighted by Crippen LogP contribution is 2.31. The largest absolute Gasteiger partial charge is 0.462 e. The third kappa shape index (κ3) is 5.44. The molecule has 2 heterocycles. The lowest BCUT2D eigenvalue weighted by Gasteiger charge is -2.25. The Labute approximate surface area is 168 Å². The molecule has 2 aromatic rings. The van der Waals surface area contributed by atoms with Crippen molar-refractivity contribution in [1.82, 2.24) is 4.90 Å². The summed E-state index contributed by atoms with van der Waals surface area (Å²) >= 11 is 0. The Balaban J connectivity index is 1.73. The van der Waals surface area contributed by atoms with Crippen LogP contribution in [0.3, 0.4) is 0 Å². The van der Waals surface area contributed by atoms with Gasteiger partial charge in [-0.25, -0.2) is 0 Å². The molecule has 0 bridgehead atoms. The highest BCUT2D eigenvalue weighted by molar-refractivity contribution is 5.18. The third-order valence-corrected chi connectivity index (χ3v) is 5.20. The van der Waals surface area contributed by atoms with Crippen LogP contribution in [-0.2, 0) is 23.4 Å². The highest BCUT2D eigenvalue weighted by atomic mass is 16.5. The molecule has 1 aliphatic rings. The molecular formula is C24H31NO3. The normalized spacial score (nSPS) is 17.1. The lowest BCUT2D eigenvalue weighted by atomic mass is 9.93. The van der Waals surface area contributed by atoms with Gasteiger partial charge >= 0.3 is 0 Å². The summed E-state index contributed by atoms with van der Waals surface area (Å²) in [6.45, 7) is 10.7. The van der Waals surface area contributed by atoms with Crippen molar-refractivity contribution in [3.63, 3.8) is 0 Å². The third-order valence-electron chi connectivity index (χ3n) is 5.20. The van der Waals surface area contributed by atoms with E-state index in [0.29, 0.717) is 25.1 Å². The van der Waals surface area contributed by atoms with Gasteiger partial charge in [0.05, 0.1) is 12.6 Å². The summed E-state index contributed by atoms with van der Waals surface area (Å²) in [6.07, 6.45) is 6.79. The Morgan fingerprint density at radius 1 is 1.07 bits per heavy atom. The van der Waals surface area contributed by atoms with Gasteiger partial charge < -0.3 is 14.3 Å². The highest BCUT2D eigenvalue weighted by Gasteiger charge is 2.30. The van der Waals surface area contributed by atoms with Gasteiger partial charge in [-0.1, -0.05) is 42.5 Å². The molecule has 4 heteroatoms. The Kier molecular flexibility index (Phi) is 7.26. The summed E-state index contributed by atoms with van der Waals surface area (Å²) < 4.78 is 11.9. The van der Waals surface area contributed by atoms with E-state index in [1.807, 2.05) is 18.2 Å². The monoisotopic (exact) mass is 381 g/mol. The molecule has 1 aliphatic heterocycles. The van der Waals surface area contributed by atoms with Gasteiger partial charge in [-0.15, -0.1) is 13.2 Å². The zero-order chi connectivity index (χ0) is 19.8. The lowest BCUT2D eigenvalue weighted by Crippen LogP contribution is -2.31. The molecule has 0 saturated carbocycles. The molecule has 4 nitrogen and oxygen atoms in total. The van der Waals surface area contributed by atoms with Crippen LogP contribution in [0, 0.1) is 0 Å². The van der Waals surface area contributed by atoms with Gasteiger partial charge in [0.15, 0.2) is 0 Å². The van der Waals surface area contributed by atoms with E-state index in [0.717, 1.165) is 38.3 Å². The number of benzene rings is 1. The first-order chi connectivity index (χ1) is 13.6. The molecule has 28 heavy (non-hydrogen) atoms. The molecule has 3 rings (SSSR count). The summed E-state index contributed by atoms with van der Waals surface area (Å²) in [5.74, 6) is 1.41. The molecule has 1 fully saturated rings. The van der Waals surface area contributed by atoms with E-state index in [2.05, 4.69) is 42.3 Å². The number of nitrogens with zero attached hydrogens (tertiary/aromatic N) is 1. The summed E-state index contributed by atoms with van der Waals surface area (Å²) in [5.41, 5.74) is 0.183. The molecule has 1 atom stereocenters. The number of furan rings is 1. The maximum atomic E-state index is 10.9. The lowest BCUT2D eigenvalue weighted by molar-refractivity contribution is 0.0177. The van der Waals surface area contributed by atoms with Crippen molar-refractivity contribution < 1.29 is 14.3 Å². The molecule has 0 unspecified atom stereocenters. The smallest absolute Gasteiger partial charge is 0.136 e. The van der Waals surface area contributed by atoms with E-state index in [1.54, 1.807) is 12.2 Å². The first kappa shape index (κ1) is 20.6. The quantitative estimate of drug-likeness (QED) is 0.568. The van der Waals surface area contributed by atoms with E-state index in [1.165, 1.54) is 5.56 Å². The second-order valence-electron chi connectivity index (χ2n) is 7.57. The number of aliphatic hydroxyl groups is 1. The number of rotatable bonds is 11. The topological polar surface area (TPSA) is 45.8 Å². The minimum atomic E-state index is -1.08. The van der Waals surface area contributed by atoms with E-state index in [4.69, 9.17) is 9.15 Å². The fourth-order valence-electron chi connectivity index (χ4n) is 3.80. The number of ether oxygens (including phenoxy) is 1. The molecule has 1 N–H and O–H groups in total. The van der Waals surface area contributed by atoms with Crippen molar-refractivity contribution >= 4 is 0 Å². The van der Waals surface area contributed by atoms with Crippen LogP contribution < -0.4 is 0 Å². The number of hydrogen-bond acceptors (Lipinski definition) is 4. The van der Waals surface area contributed by atoms with Crippen LogP contribution in [0.4, 0.5) is 0 Å². The van der Waals surface area contributed by atoms with Crippen LogP contribution in [-0.4, -0.2) is 29.3 Å². The molecule has 0 aliphatic carbocycles. The van der Waals surface area contributed by atoms with Crippen molar-refractivity contribution in [1.29, 1.82) is 0 Å². The van der Waals surface area contributed by atoms with Crippen LogP contribution in [0.2, 0.25) is 0 Å². The maximum Gasteiger partial charge on any atom is 0.136 e. The van der Waals surface area contributed by atoms with E-state index in [9.17, 15) is 5.11 Å². The molecule has 1 aromatic carbocycles. The average molecular weight is 382 g/mol. The van der Waals surface area contributed by atoms with E-state index in [-0.39, 0.29) is 6.10 Å². The second-order valence-corrected chi connectivity index (χ2v) is 7.57. The minimum absolute atomic E-state index is 0.275. The Bertz CT molecular complexity index is 736. The predicted octanol–water partition coefficient (Wildman–Crippen LogP) is 4.80. The molecule has 1 aromatic heterocycles. The molecular weight excluding hydrogens is 350 g/mol. The summed E-state index contributed by atoms with van der Waals surface area (Å²) in [4.78, 5) is 2.36. The molecule has 0 spiro atoms. The van der Waals surface area contributed by atoms with Gasteiger partial charge in [-0.05, 0) is 30.5 Å². The number of hydrogen-bond donors (Lipinski definition) is 1. The first-order valence-corrected chi connectivity index (χ1v) is 10.0. The van der Waals surface area contributed by atoms with Crippen molar-refractivity contribution in [3.8, 4) is 0 Å². The van der Waals surface area contributed by atoms with Crippen LogP contribution in [0.1, 0.15) is 42.8 Å². The zero-order valence-electron chi connectivity index (χ0n) is 16.6. The zero-order valence-corrected chi connectivity index (χ0v) is 16.6. The van der Waals surface area contributed by atoms with Crippen molar-refractivity contribution in [2.45, 2.75) is 50.5 Å². The van der Waals surface area contributed by atoms with Crippen molar-refractivity contribution in [2.24, 2.45) is 0 Å². The minimum Gasteiger partial charge on any atom is -0.462 e. The van der Waals surface area contributed by atoms with Gasteiger partial charge in [0.2, 0.25) is 0 Å². The van der Waals surface area contributed by atoms with Crippen LogP contribution >= 0.6 is 0 Å². The predicted molar refractivity (Wildman–Crippen MR) is 112 cm³/mol. The Morgan fingerprint density at radius 3 is 2.46 bits per heavy atom. The van der Waals surface area contributed by atoms with Gasteiger partial charge in [0.1, 0.15) is 17.1 Å². The van der Waals surface area contributed by atoms with Gasteiger partial charge in [-0.2, -0.15) is 0 Å².